The van der Waals surface area contributed by atoms with Crippen LogP contribution in [0.2, 0.25) is 0 Å². The Morgan fingerprint density at radius 2 is 2.16 bits per heavy atom. The van der Waals surface area contributed by atoms with E-state index in [1.807, 2.05) is 6.92 Å². The molecule has 3 rings (SSSR count). The highest BCUT2D eigenvalue weighted by Gasteiger charge is 2.35. The maximum absolute atomic E-state index is 5.33. The SMILES string of the molecule is Cc1noc(C)c1C(C)N1CCCNC(C2CC2)C1. The van der Waals surface area contributed by atoms with Crippen LogP contribution in [0.1, 0.15) is 49.2 Å². The van der Waals surface area contributed by atoms with Gasteiger partial charge in [-0.3, -0.25) is 4.90 Å². The smallest absolute Gasteiger partial charge is 0.138 e. The van der Waals surface area contributed by atoms with Crippen molar-refractivity contribution in [3.8, 4) is 0 Å². The molecule has 106 valence electrons. The van der Waals surface area contributed by atoms with Gasteiger partial charge in [0, 0.05) is 30.7 Å². The lowest BCUT2D eigenvalue weighted by Gasteiger charge is -2.30. The van der Waals surface area contributed by atoms with Gasteiger partial charge in [-0.25, -0.2) is 0 Å². The third kappa shape index (κ3) is 2.70. The predicted molar refractivity (Wildman–Crippen MR) is 75.1 cm³/mol. The molecule has 1 aliphatic carbocycles. The van der Waals surface area contributed by atoms with Gasteiger partial charge in [0.25, 0.3) is 0 Å². The zero-order valence-electron chi connectivity index (χ0n) is 12.3. The molecule has 1 saturated heterocycles. The van der Waals surface area contributed by atoms with Gasteiger partial charge in [0.15, 0.2) is 0 Å². The van der Waals surface area contributed by atoms with Crippen LogP contribution in [0.25, 0.3) is 0 Å². The summed E-state index contributed by atoms with van der Waals surface area (Å²) in [6.45, 7) is 9.86. The summed E-state index contributed by atoms with van der Waals surface area (Å²) in [6.07, 6.45) is 4.05. The maximum atomic E-state index is 5.33. The van der Waals surface area contributed by atoms with E-state index in [4.69, 9.17) is 4.52 Å². The lowest BCUT2D eigenvalue weighted by molar-refractivity contribution is 0.198. The molecule has 4 heteroatoms. The number of nitrogens with zero attached hydrogens (tertiary/aromatic N) is 2. The Kier molecular flexibility index (Phi) is 3.63. The molecule has 1 saturated carbocycles. The Morgan fingerprint density at radius 3 is 2.79 bits per heavy atom. The minimum absolute atomic E-state index is 0.410. The number of hydrogen-bond donors (Lipinski definition) is 1. The molecule has 0 radical (unpaired) electrons. The molecular formula is C15H25N3O. The van der Waals surface area contributed by atoms with Crippen LogP contribution in [0.15, 0.2) is 4.52 Å². The van der Waals surface area contributed by atoms with Crippen LogP contribution >= 0.6 is 0 Å². The summed E-state index contributed by atoms with van der Waals surface area (Å²) < 4.78 is 5.33. The zero-order chi connectivity index (χ0) is 13.4. The fourth-order valence-corrected chi connectivity index (χ4v) is 3.41. The van der Waals surface area contributed by atoms with Crippen LogP contribution in [0.3, 0.4) is 0 Å². The molecule has 1 aromatic heterocycles. The molecule has 19 heavy (non-hydrogen) atoms. The molecule has 2 fully saturated rings. The van der Waals surface area contributed by atoms with Gasteiger partial charge < -0.3 is 9.84 Å². The zero-order valence-corrected chi connectivity index (χ0v) is 12.3. The first kappa shape index (κ1) is 13.1. The van der Waals surface area contributed by atoms with E-state index in [0.717, 1.165) is 30.5 Å². The van der Waals surface area contributed by atoms with Gasteiger partial charge in [-0.1, -0.05) is 5.16 Å². The lowest BCUT2D eigenvalue weighted by atomic mass is 10.0. The highest BCUT2D eigenvalue weighted by atomic mass is 16.5. The largest absolute Gasteiger partial charge is 0.361 e. The molecule has 0 spiro atoms. The minimum Gasteiger partial charge on any atom is -0.361 e. The quantitative estimate of drug-likeness (QED) is 0.909. The fourth-order valence-electron chi connectivity index (χ4n) is 3.41. The van der Waals surface area contributed by atoms with Gasteiger partial charge in [0.2, 0.25) is 0 Å². The lowest BCUT2D eigenvalue weighted by Crippen LogP contribution is -2.40. The second kappa shape index (κ2) is 5.25. The van der Waals surface area contributed by atoms with Crippen molar-refractivity contribution >= 4 is 0 Å². The topological polar surface area (TPSA) is 41.3 Å². The van der Waals surface area contributed by atoms with E-state index in [0.29, 0.717) is 12.1 Å². The van der Waals surface area contributed by atoms with Crippen molar-refractivity contribution in [3.05, 3.63) is 17.0 Å². The van der Waals surface area contributed by atoms with Crippen LogP contribution in [-0.4, -0.2) is 35.7 Å². The molecule has 2 aliphatic rings. The van der Waals surface area contributed by atoms with Crippen molar-refractivity contribution in [2.45, 2.75) is 52.1 Å². The Hall–Kier alpha value is -0.870. The summed E-state index contributed by atoms with van der Waals surface area (Å²) in [4.78, 5) is 2.61. The summed E-state index contributed by atoms with van der Waals surface area (Å²) >= 11 is 0. The minimum atomic E-state index is 0.410. The number of hydrogen-bond acceptors (Lipinski definition) is 4. The van der Waals surface area contributed by atoms with Crippen molar-refractivity contribution in [1.82, 2.24) is 15.4 Å². The molecule has 1 aliphatic heterocycles. The van der Waals surface area contributed by atoms with Gasteiger partial charge in [-0.2, -0.15) is 0 Å². The Balaban J connectivity index is 1.75. The third-order valence-electron chi connectivity index (χ3n) is 4.70. The molecular weight excluding hydrogens is 238 g/mol. The first-order valence-corrected chi connectivity index (χ1v) is 7.57. The summed E-state index contributed by atoms with van der Waals surface area (Å²) in [5, 5.41) is 7.83. The highest BCUT2D eigenvalue weighted by Crippen LogP contribution is 2.35. The summed E-state index contributed by atoms with van der Waals surface area (Å²) in [5.74, 6) is 1.89. The summed E-state index contributed by atoms with van der Waals surface area (Å²) in [7, 11) is 0. The number of nitrogens with one attached hydrogen (secondary N) is 1. The maximum Gasteiger partial charge on any atom is 0.138 e. The Bertz CT molecular complexity index is 419. The van der Waals surface area contributed by atoms with Crippen molar-refractivity contribution in [2.24, 2.45) is 5.92 Å². The second-order valence-corrected chi connectivity index (χ2v) is 6.16. The molecule has 0 aromatic carbocycles. The Morgan fingerprint density at radius 1 is 1.37 bits per heavy atom. The van der Waals surface area contributed by atoms with Crippen LogP contribution in [0.4, 0.5) is 0 Å². The monoisotopic (exact) mass is 263 g/mol. The van der Waals surface area contributed by atoms with E-state index >= 15 is 0 Å². The predicted octanol–water partition coefficient (Wildman–Crippen LogP) is 2.43. The summed E-state index contributed by atoms with van der Waals surface area (Å²) in [5.41, 5.74) is 2.33. The molecule has 1 aromatic rings. The van der Waals surface area contributed by atoms with Crippen LogP contribution in [-0.2, 0) is 0 Å². The molecule has 0 amide bonds. The van der Waals surface area contributed by atoms with Crippen LogP contribution < -0.4 is 5.32 Å². The van der Waals surface area contributed by atoms with Gasteiger partial charge in [-0.05, 0) is 52.5 Å². The first-order chi connectivity index (χ1) is 9.16. The van der Waals surface area contributed by atoms with Crippen molar-refractivity contribution in [1.29, 1.82) is 0 Å². The molecule has 2 atom stereocenters. The van der Waals surface area contributed by atoms with Gasteiger partial charge in [0.1, 0.15) is 5.76 Å². The van der Waals surface area contributed by atoms with Crippen LogP contribution in [0.5, 0.6) is 0 Å². The molecule has 2 heterocycles. The number of rotatable bonds is 3. The van der Waals surface area contributed by atoms with Gasteiger partial charge in [0.05, 0.1) is 5.69 Å². The molecule has 0 bridgehead atoms. The first-order valence-electron chi connectivity index (χ1n) is 7.57. The van der Waals surface area contributed by atoms with E-state index < -0.39 is 0 Å². The van der Waals surface area contributed by atoms with Gasteiger partial charge in [-0.15, -0.1) is 0 Å². The average Bonchev–Trinajstić information content (AvgIpc) is 3.18. The van der Waals surface area contributed by atoms with E-state index in [2.05, 4.69) is 29.2 Å². The highest BCUT2D eigenvalue weighted by molar-refractivity contribution is 5.24. The van der Waals surface area contributed by atoms with Crippen molar-refractivity contribution in [2.75, 3.05) is 19.6 Å². The normalized spacial score (nSPS) is 27.2. The van der Waals surface area contributed by atoms with E-state index in [1.165, 1.54) is 31.4 Å². The third-order valence-corrected chi connectivity index (χ3v) is 4.70. The second-order valence-electron chi connectivity index (χ2n) is 6.16. The average molecular weight is 263 g/mol. The van der Waals surface area contributed by atoms with Crippen LogP contribution in [0, 0.1) is 19.8 Å². The van der Waals surface area contributed by atoms with E-state index in [1.54, 1.807) is 0 Å². The number of aromatic nitrogens is 1. The summed E-state index contributed by atoms with van der Waals surface area (Å²) in [6, 6.07) is 1.10. The molecule has 1 N–H and O–H groups in total. The van der Waals surface area contributed by atoms with Crippen molar-refractivity contribution < 1.29 is 4.52 Å². The van der Waals surface area contributed by atoms with E-state index in [9.17, 15) is 0 Å². The molecule has 4 nitrogen and oxygen atoms in total. The van der Waals surface area contributed by atoms with Crippen molar-refractivity contribution in [3.63, 3.8) is 0 Å². The van der Waals surface area contributed by atoms with E-state index in [-0.39, 0.29) is 0 Å². The molecule has 2 unspecified atom stereocenters. The van der Waals surface area contributed by atoms with Gasteiger partial charge >= 0.3 is 0 Å². The number of aryl methyl sites for hydroxylation is 2. The fraction of sp³-hybridized carbons (Fsp3) is 0.800. The Labute approximate surface area is 115 Å². The standard InChI is InChI=1S/C15H25N3O/c1-10-15(12(3)19-17-10)11(2)18-8-4-7-16-14(9-18)13-5-6-13/h11,13-14,16H,4-9H2,1-3H3.